The topological polar surface area (TPSA) is 74.6 Å². The van der Waals surface area contributed by atoms with Gasteiger partial charge in [-0.1, -0.05) is 11.6 Å². The van der Waals surface area contributed by atoms with Gasteiger partial charge in [-0.15, -0.1) is 0 Å². The maximum atomic E-state index is 15.2. The van der Waals surface area contributed by atoms with E-state index >= 15 is 4.39 Å². The summed E-state index contributed by atoms with van der Waals surface area (Å²) in [7, 11) is 0. The van der Waals surface area contributed by atoms with E-state index in [9.17, 15) is 14.7 Å². The van der Waals surface area contributed by atoms with E-state index in [2.05, 4.69) is 5.32 Å². The maximum Gasteiger partial charge on any atom is 0.341 e. The van der Waals surface area contributed by atoms with Crippen molar-refractivity contribution in [3.8, 4) is 0 Å². The summed E-state index contributed by atoms with van der Waals surface area (Å²) in [6, 6.07) is 1.72. The van der Waals surface area contributed by atoms with Crippen LogP contribution in [0.2, 0.25) is 5.02 Å². The lowest BCUT2D eigenvalue weighted by Gasteiger charge is -2.40. The summed E-state index contributed by atoms with van der Waals surface area (Å²) in [6.07, 6.45) is 6.24. The highest BCUT2D eigenvalue weighted by molar-refractivity contribution is 6.38. The molecule has 6 nitrogen and oxygen atoms in total. The zero-order valence-corrected chi connectivity index (χ0v) is 16.0. The van der Waals surface area contributed by atoms with E-state index in [0.717, 1.165) is 38.6 Å². The maximum absolute atomic E-state index is 15.2. The summed E-state index contributed by atoms with van der Waals surface area (Å²) in [6.45, 7) is 1.46. The van der Waals surface area contributed by atoms with Crippen LogP contribution in [-0.2, 0) is 0 Å². The average Bonchev–Trinajstić information content (AvgIpc) is 3.50. The molecule has 6 rings (SSSR count). The number of nitrogens with one attached hydrogen (secondary N) is 1. The number of fused-ring (bicyclic) bond motifs is 5. The minimum absolute atomic E-state index is 0.0381. The van der Waals surface area contributed by atoms with Gasteiger partial charge in [0.05, 0.1) is 21.6 Å². The second kappa shape index (κ2) is 6.46. The molecule has 4 fully saturated rings. The Labute approximate surface area is 165 Å². The van der Waals surface area contributed by atoms with Crippen LogP contribution in [0.15, 0.2) is 17.1 Å². The largest absolute Gasteiger partial charge is 0.477 e. The van der Waals surface area contributed by atoms with E-state index in [1.165, 1.54) is 12.3 Å². The molecule has 4 aliphatic rings. The molecule has 1 aliphatic carbocycles. The minimum Gasteiger partial charge on any atom is -0.477 e. The predicted octanol–water partition coefficient (Wildman–Crippen LogP) is 3.16. The molecule has 4 heterocycles. The van der Waals surface area contributed by atoms with Crippen LogP contribution in [0.3, 0.4) is 0 Å². The normalized spacial score (nSPS) is 24.6. The molecular formula is C20H21ClFN3O3. The van der Waals surface area contributed by atoms with Gasteiger partial charge < -0.3 is 19.9 Å². The number of aromatic carboxylic acids is 1. The molecule has 2 unspecified atom stereocenters. The number of piperazine rings is 1. The monoisotopic (exact) mass is 405 g/mol. The van der Waals surface area contributed by atoms with Crippen LogP contribution in [0.5, 0.6) is 0 Å². The fourth-order valence-corrected chi connectivity index (χ4v) is 5.07. The van der Waals surface area contributed by atoms with E-state index < -0.39 is 17.2 Å². The van der Waals surface area contributed by atoms with E-state index in [-0.39, 0.29) is 28.1 Å². The number of carbonyl (C=O) groups is 1. The molecule has 2 N–H and O–H groups in total. The second-order valence-corrected chi connectivity index (χ2v) is 8.45. The van der Waals surface area contributed by atoms with Gasteiger partial charge in [0.25, 0.3) is 0 Å². The molecule has 1 saturated carbocycles. The quantitative estimate of drug-likeness (QED) is 0.820. The summed E-state index contributed by atoms with van der Waals surface area (Å²) < 4.78 is 17.0. The third-order valence-corrected chi connectivity index (χ3v) is 6.59. The number of carboxylic acid groups (broad SMARTS) is 1. The van der Waals surface area contributed by atoms with Crippen LogP contribution in [0.25, 0.3) is 10.9 Å². The highest BCUT2D eigenvalue weighted by Gasteiger charge is 2.35. The Morgan fingerprint density at radius 2 is 2.04 bits per heavy atom. The molecule has 8 heteroatoms. The molecule has 3 saturated heterocycles. The van der Waals surface area contributed by atoms with Crippen LogP contribution < -0.4 is 15.6 Å². The van der Waals surface area contributed by atoms with E-state index in [1.807, 2.05) is 4.90 Å². The van der Waals surface area contributed by atoms with Crippen molar-refractivity contribution >= 4 is 34.2 Å². The van der Waals surface area contributed by atoms with E-state index in [1.54, 1.807) is 4.57 Å². The molecule has 0 amide bonds. The first-order valence-corrected chi connectivity index (χ1v) is 10.1. The first kappa shape index (κ1) is 17.9. The Morgan fingerprint density at radius 3 is 2.75 bits per heavy atom. The van der Waals surface area contributed by atoms with Crippen LogP contribution in [0, 0.1) is 5.82 Å². The summed E-state index contributed by atoms with van der Waals surface area (Å²) >= 11 is 6.74. The molecule has 0 spiro atoms. The number of hydrogen-bond acceptors (Lipinski definition) is 4. The summed E-state index contributed by atoms with van der Waals surface area (Å²) in [4.78, 5) is 26.3. The number of nitrogens with zero attached hydrogens (tertiary/aromatic N) is 2. The number of carboxylic acids is 1. The Hall–Kier alpha value is -2.12. The molecule has 0 radical (unpaired) electrons. The molecule has 2 bridgehead atoms. The fourth-order valence-electron chi connectivity index (χ4n) is 4.68. The van der Waals surface area contributed by atoms with Gasteiger partial charge in [0.2, 0.25) is 5.43 Å². The molecular weight excluding hydrogens is 385 g/mol. The number of benzene rings is 1. The first-order valence-electron chi connectivity index (χ1n) is 9.76. The zero-order valence-electron chi connectivity index (χ0n) is 15.3. The minimum atomic E-state index is -1.31. The number of pyridine rings is 1. The van der Waals surface area contributed by atoms with Crippen LogP contribution >= 0.6 is 11.6 Å². The van der Waals surface area contributed by atoms with Crippen molar-refractivity contribution in [2.75, 3.05) is 18.0 Å². The SMILES string of the molecule is O=C(O)c1cn(C2CC2)c2c(Cl)c(N3CC4CCCC3CN4)c(F)cc2c1=O. The Balaban J connectivity index is 1.76. The number of anilines is 1. The molecule has 1 aromatic heterocycles. The van der Waals surface area contributed by atoms with Crippen molar-refractivity contribution in [1.82, 2.24) is 9.88 Å². The Kier molecular flexibility index (Phi) is 4.14. The van der Waals surface area contributed by atoms with Crippen molar-refractivity contribution in [1.29, 1.82) is 0 Å². The van der Waals surface area contributed by atoms with Crippen molar-refractivity contribution in [3.05, 3.63) is 38.9 Å². The molecule has 148 valence electrons. The van der Waals surface area contributed by atoms with Gasteiger partial charge in [0.15, 0.2) is 0 Å². The third-order valence-electron chi connectivity index (χ3n) is 6.23. The van der Waals surface area contributed by atoms with Gasteiger partial charge in [0.1, 0.15) is 11.4 Å². The lowest BCUT2D eigenvalue weighted by atomic mass is 10.1. The van der Waals surface area contributed by atoms with Crippen molar-refractivity contribution in [2.24, 2.45) is 0 Å². The summed E-state index contributed by atoms with van der Waals surface area (Å²) in [5.41, 5.74) is -0.250. The van der Waals surface area contributed by atoms with Gasteiger partial charge in [-0.3, -0.25) is 4.79 Å². The van der Waals surface area contributed by atoms with Crippen LogP contribution in [-0.4, -0.2) is 40.8 Å². The summed E-state index contributed by atoms with van der Waals surface area (Å²) in [5, 5.41) is 13.1. The lowest BCUT2D eigenvalue weighted by molar-refractivity contribution is 0.0695. The number of rotatable bonds is 3. The second-order valence-electron chi connectivity index (χ2n) is 8.07. The van der Waals surface area contributed by atoms with Crippen molar-refractivity contribution < 1.29 is 14.3 Å². The van der Waals surface area contributed by atoms with Gasteiger partial charge in [0, 0.05) is 37.4 Å². The highest BCUT2D eigenvalue weighted by Crippen LogP contribution is 2.43. The van der Waals surface area contributed by atoms with Crippen molar-refractivity contribution in [3.63, 3.8) is 0 Å². The highest BCUT2D eigenvalue weighted by atomic mass is 35.5. The third kappa shape index (κ3) is 2.71. The fraction of sp³-hybridized carbons (Fsp3) is 0.500. The standard InChI is InChI=1S/C20H21ClFN3O3/c21-16-17-13(19(26)14(20(27)28)9-25(17)11-4-5-11)6-15(22)18(16)24-8-10-2-1-3-12(24)7-23-10/h6,9-12,23H,1-5,7-8H2,(H,27,28). The zero-order chi connectivity index (χ0) is 19.6. The Morgan fingerprint density at radius 1 is 1.25 bits per heavy atom. The van der Waals surface area contributed by atoms with E-state index in [0.29, 0.717) is 23.8 Å². The molecule has 2 aromatic rings. The van der Waals surface area contributed by atoms with Gasteiger partial charge in [-0.25, -0.2) is 9.18 Å². The van der Waals surface area contributed by atoms with Gasteiger partial charge >= 0.3 is 5.97 Å². The van der Waals surface area contributed by atoms with Crippen LogP contribution in [0.1, 0.15) is 48.5 Å². The smallest absolute Gasteiger partial charge is 0.341 e. The lowest BCUT2D eigenvalue weighted by Crippen LogP contribution is -2.54. The first-order chi connectivity index (χ1) is 13.5. The summed E-state index contributed by atoms with van der Waals surface area (Å²) in [5.74, 6) is -1.87. The number of hydrogen-bond donors (Lipinski definition) is 2. The number of aromatic nitrogens is 1. The average molecular weight is 406 g/mol. The number of halogens is 2. The van der Waals surface area contributed by atoms with Crippen LogP contribution in [0.4, 0.5) is 10.1 Å². The predicted molar refractivity (Wildman–Crippen MR) is 105 cm³/mol. The van der Waals surface area contributed by atoms with E-state index in [4.69, 9.17) is 11.6 Å². The van der Waals surface area contributed by atoms with Gasteiger partial charge in [-0.2, -0.15) is 0 Å². The van der Waals surface area contributed by atoms with Crippen molar-refractivity contribution in [2.45, 2.75) is 50.2 Å². The molecule has 2 atom stereocenters. The molecule has 1 aromatic carbocycles. The van der Waals surface area contributed by atoms with Gasteiger partial charge in [-0.05, 0) is 38.2 Å². The molecule has 28 heavy (non-hydrogen) atoms. The molecule has 3 aliphatic heterocycles. The Bertz CT molecular complexity index is 1050.